The second-order valence-corrected chi connectivity index (χ2v) is 7.07. The standard InChI is InChI=1S/C14H18N4O2S/c1-17-10-16-13(15)14(17)21(19,20)18-8-6-11-4-2-3-5-12(11)7-9-18/h2-5,10H,6-9,15H2,1H3. The lowest BCUT2D eigenvalue weighted by Crippen LogP contribution is -2.34. The summed E-state index contributed by atoms with van der Waals surface area (Å²) in [5.74, 6) is 0.0549. The smallest absolute Gasteiger partial charge is 0.262 e. The van der Waals surface area contributed by atoms with Gasteiger partial charge in [0.15, 0.2) is 10.8 Å². The summed E-state index contributed by atoms with van der Waals surface area (Å²) >= 11 is 0. The van der Waals surface area contributed by atoms with Gasteiger partial charge in [-0.2, -0.15) is 4.31 Å². The lowest BCUT2D eigenvalue weighted by atomic mass is 10.0. The number of aryl methyl sites for hydroxylation is 1. The maximum Gasteiger partial charge on any atom is 0.262 e. The van der Waals surface area contributed by atoms with E-state index < -0.39 is 10.0 Å². The van der Waals surface area contributed by atoms with Crippen molar-refractivity contribution in [2.24, 2.45) is 7.05 Å². The molecular formula is C14H18N4O2S. The van der Waals surface area contributed by atoms with Crippen molar-refractivity contribution < 1.29 is 8.42 Å². The predicted octanol–water partition coefficient (Wildman–Crippen LogP) is 0.792. The van der Waals surface area contributed by atoms with Gasteiger partial charge in [0.05, 0.1) is 6.33 Å². The third-order valence-corrected chi connectivity index (χ3v) is 5.90. The van der Waals surface area contributed by atoms with E-state index in [1.807, 2.05) is 12.1 Å². The van der Waals surface area contributed by atoms with Crippen LogP contribution in [0.15, 0.2) is 35.6 Å². The molecule has 0 unspecified atom stereocenters. The summed E-state index contributed by atoms with van der Waals surface area (Å²) in [4.78, 5) is 3.88. The molecule has 1 aliphatic rings. The van der Waals surface area contributed by atoms with E-state index in [0.29, 0.717) is 25.9 Å². The number of rotatable bonds is 2. The summed E-state index contributed by atoms with van der Waals surface area (Å²) in [6.45, 7) is 0.925. The van der Waals surface area contributed by atoms with Gasteiger partial charge >= 0.3 is 0 Å². The second kappa shape index (κ2) is 5.16. The highest BCUT2D eigenvalue weighted by Gasteiger charge is 2.31. The maximum atomic E-state index is 12.8. The summed E-state index contributed by atoms with van der Waals surface area (Å²) in [5.41, 5.74) is 8.15. The fourth-order valence-electron chi connectivity index (χ4n) is 2.76. The largest absolute Gasteiger partial charge is 0.381 e. The van der Waals surface area contributed by atoms with E-state index in [2.05, 4.69) is 17.1 Å². The zero-order chi connectivity index (χ0) is 15.0. The Morgan fingerprint density at radius 3 is 2.19 bits per heavy atom. The van der Waals surface area contributed by atoms with E-state index in [9.17, 15) is 8.42 Å². The minimum Gasteiger partial charge on any atom is -0.381 e. The summed E-state index contributed by atoms with van der Waals surface area (Å²) < 4.78 is 28.5. The van der Waals surface area contributed by atoms with Gasteiger partial charge in [0.25, 0.3) is 10.0 Å². The van der Waals surface area contributed by atoms with Crippen molar-refractivity contribution in [1.29, 1.82) is 0 Å². The van der Waals surface area contributed by atoms with Gasteiger partial charge in [-0.15, -0.1) is 0 Å². The van der Waals surface area contributed by atoms with Crippen LogP contribution in [0.2, 0.25) is 0 Å². The molecule has 0 saturated carbocycles. The number of nitrogens with zero attached hydrogens (tertiary/aromatic N) is 3. The van der Waals surface area contributed by atoms with Crippen molar-refractivity contribution in [2.75, 3.05) is 18.8 Å². The molecule has 3 rings (SSSR count). The molecule has 1 aromatic heterocycles. The minimum atomic E-state index is -3.61. The molecule has 0 amide bonds. The van der Waals surface area contributed by atoms with Crippen LogP contribution in [0, 0.1) is 0 Å². The first-order chi connectivity index (χ1) is 10.00. The first-order valence-corrected chi connectivity index (χ1v) is 8.28. The Hall–Kier alpha value is -1.86. The van der Waals surface area contributed by atoms with Gasteiger partial charge in [-0.3, -0.25) is 0 Å². The van der Waals surface area contributed by atoms with Gasteiger partial charge in [-0.05, 0) is 24.0 Å². The molecule has 0 saturated heterocycles. The SMILES string of the molecule is Cn1cnc(N)c1S(=O)(=O)N1CCc2ccccc2CC1. The molecule has 2 heterocycles. The second-order valence-electron chi connectivity index (χ2n) is 5.22. The number of anilines is 1. The average Bonchev–Trinajstić information content (AvgIpc) is 2.68. The highest BCUT2D eigenvalue weighted by atomic mass is 32.2. The number of hydrogen-bond acceptors (Lipinski definition) is 4. The van der Waals surface area contributed by atoms with Crippen LogP contribution >= 0.6 is 0 Å². The summed E-state index contributed by atoms with van der Waals surface area (Å²) in [6, 6.07) is 8.10. The normalized spacial score (nSPS) is 16.4. The molecule has 21 heavy (non-hydrogen) atoms. The summed E-state index contributed by atoms with van der Waals surface area (Å²) in [5, 5.41) is 0.0773. The monoisotopic (exact) mass is 306 g/mol. The van der Waals surface area contributed by atoms with Crippen molar-refractivity contribution in [3.05, 3.63) is 41.7 Å². The third-order valence-electron chi connectivity index (χ3n) is 3.87. The van der Waals surface area contributed by atoms with Crippen LogP contribution in [0.3, 0.4) is 0 Å². The van der Waals surface area contributed by atoms with E-state index in [1.165, 1.54) is 26.3 Å². The number of fused-ring (bicyclic) bond motifs is 1. The van der Waals surface area contributed by atoms with Gasteiger partial charge in [0, 0.05) is 20.1 Å². The number of imidazole rings is 1. The third kappa shape index (κ3) is 2.43. The molecule has 0 spiro atoms. The topological polar surface area (TPSA) is 81.2 Å². The van der Waals surface area contributed by atoms with Crippen molar-refractivity contribution in [3.63, 3.8) is 0 Å². The number of aromatic nitrogens is 2. The Morgan fingerprint density at radius 1 is 1.14 bits per heavy atom. The van der Waals surface area contributed by atoms with Gasteiger partial charge < -0.3 is 10.3 Å². The number of nitrogens with two attached hydrogens (primary N) is 1. The van der Waals surface area contributed by atoms with Crippen molar-refractivity contribution >= 4 is 15.8 Å². The highest BCUT2D eigenvalue weighted by molar-refractivity contribution is 7.89. The fraction of sp³-hybridized carbons (Fsp3) is 0.357. The number of hydrogen-bond donors (Lipinski definition) is 1. The minimum absolute atomic E-state index is 0.0549. The number of benzene rings is 1. The molecule has 0 radical (unpaired) electrons. The highest BCUT2D eigenvalue weighted by Crippen LogP contribution is 2.24. The fourth-order valence-corrected chi connectivity index (χ4v) is 4.40. The van der Waals surface area contributed by atoms with Gasteiger partial charge in [-0.25, -0.2) is 13.4 Å². The van der Waals surface area contributed by atoms with Gasteiger partial charge in [-0.1, -0.05) is 24.3 Å². The zero-order valence-corrected chi connectivity index (χ0v) is 12.7. The number of sulfonamides is 1. The zero-order valence-electron chi connectivity index (χ0n) is 11.9. The van der Waals surface area contributed by atoms with Crippen LogP contribution in [0.4, 0.5) is 5.82 Å². The van der Waals surface area contributed by atoms with Crippen LogP contribution in [0.5, 0.6) is 0 Å². The van der Waals surface area contributed by atoms with E-state index in [0.717, 1.165) is 0 Å². The molecule has 2 aromatic rings. The summed E-state index contributed by atoms with van der Waals surface area (Å²) in [7, 11) is -1.97. The van der Waals surface area contributed by atoms with E-state index in [1.54, 1.807) is 7.05 Å². The van der Waals surface area contributed by atoms with Crippen LogP contribution in [0.1, 0.15) is 11.1 Å². The molecule has 6 nitrogen and oxygen atoms in total. The molecule has 0 fully saturated rings. The molecule has 7 heteroatoms. The molecule has 0 aliphatic carbocycles. The van der Waals surface area contributed by atoms with Crippen LogP contribution < -0.4 is 5.73 Å². The first-order valence-electron chi connectivity index (χ1n) is 6.84. The quantitative estimate of drug-likeness (QED) is 0.889. The molecule has 0 bridgehead atoms. The Bertz CT molecular complexity index is 721. The molecule has 112 valence electrons. The molecule has 1 aromatic carbocycles. The van der Waals surface area contributed by atoms with Crippen molar-refractivity contribution in [3.8, 4) is 0 Å². The van der Waals surface area contributed by atoms with E-state index >= 15 is 0 Å². The Labute approximate surface area is 124 Å². The molecular weight excluding hydrogens is 288 g/mol. The first kappa shape index (κ1) is 14.1. The van der Waals surface area contributed by atoms with Gasteiger partial charge in [0.1, 0.15) is 0 Å². The molecule has 0 atom stereocenters. The lowest BCUT2D eigenvalue weighted by molar-refractivity contribution is 0.422. The van der Waals surface area contributed by atoms with Crippen molar-refractivity contribution in [2.45, 2.75) is 17.9 Å². The van der Waals surface area contributed by atoms with Gasteiger partial charge in [0.2, 0.25) is 0 Å². The summed E-state index contributed by atoms with van der Waals surface area (Å²) in [6.07, 6.45) is 2.86. The Morgan fingerprint density at radius 2 is 1.71 bits per heavy atom. The predicted molar refractivity (Wildman–Crippen MR) is 80.2 cm³/mol. The van der Waals surface area contributed by atoms with E-state index in [4.69, 9.17) is 5.73 Å². The Balaban J connectivity index is 1.92. The molecule has 1 aliphatic heterocycles. The van der Waals surface area contributed by atoms with Crippen LogP contribution in [-0.4, -0.2) is 35.4 Å². The lowest BCUT2D eigenvalue weighted by Gasteiger charge is -2.20. The maximum absolute atomic E-state index is 12.8. The van der Waals surface area contributed by atoms with Crippen LogP contribution in [0.25, 0.3) is 0 Å². The molecule has 2 N–H and O–H groups in total. The number of nitrogen functional groups attached to an aromatic ring is 1. The van der Waals surface area contributed by atoms with Crippen molar-refractivity contribution in [1.82, 2.24) is 13.9 Å². The average molecular weight is 306 g/mol. The Kier molecular flexibility index (Phi) is 3.46. The van der Waals surface area contributed by atoms with Crippen LogP contribution in [-0.2, 0) is 29.9 Å². The van der Waals surface area contributed by atoms with E-state index in [-0.39, 0.29) is 10.8 Å².